The number of piperidine rings is 1. The molecular formula is C26H39ClN4O5S. The Hall–Kier alpha value is -1.33. The number of aryl methyl sites for hydroxylation is 1. The number of rotatable bonds is 6. The zero-order chi connectivity index (χ0) is 26.3. The highest BCUT2D eigenvalue weighted by molar-refractivity contribution is 8.00. The number of halogens is 1. The number of thioether (sulfide) groups is 1. The minimum atomic E-state index is -0.709. The third-order valence-electron chi connectivity index (χ3n) is 8.62. The van der Waals surface area contributed by atoms with Crippen molar-refractivity contribution >= 4 is 29.3 Å². The van der Waals surface area contributed by atoms with Gasteiger partial charge in [-0.25, -0.2) is 0 Å². The van der Waals surface area contributed by atoms with Crippen LogP contribution in [-0.2, 0) is 22.6 Å². The number of hydrogen-bond donors (Lipinski definition) is 2. The highest BCUT2D eigenvalue weighted by Gasteiger charge is 2.51. The van der Waals surface area contributed by atoms with E-state index in [-0.39, 0.29) is 46.2 Å². The van der Waals surface area contributed by atoms with Gasteiger partial charge in [-0.15, -0.1) is 11.6 Å². The van der Waals surface area contributed by atoms with Gasteiger partial charge in [-0.3, -0.25) is 19.1 Å². The van der Waals surface area contributed by atoms with Crippen LogP contribution in [0.4, 0.5) is 0 Å². The molecule has 9 nitrogen and oxygen atoms in total. The van der Waals surface area contributed by atoms with E-state index in [4.69, 9.17) is 21.1 Å². The summed E-state index contributed by atoms with van der Waals surface area (Å²) in [6.45, 7) is 6.66. The summed E-state index contributed by atoms with van der Waals surface area (Å²) in [6, 6.07) is 0.246. The maximum Gasteiger partial charge on any atom is 0.308 e. The van der Waals surface area contributed by atoms with Gasteiger partial charge in [-0.1, -0.05) is 0 Å². The van der Waals surface area contributed by atoms with Crippen LogP contribution >= 0.6 is 23.4 Å². The molecule has 0 aromatic carbocycles. The third kappa shape index (κ3) is 5.69. The van der Waals surface area contributed by atoms with E-state index in [9.17, 15) is 14.7 Å². The second kappa shape index (κ2) is 11.4. The van der Waals surface area contributed by atoms with Crippen molar-refractivity contribution in [2.75, 3.05) is 32.6 Å². The van der Waals surface area contributed by atoms with Crippen LogP contribution in [0.2, 0.25) is 0 Å². The fourth-order valence-electron chi connectivity index (χ4n) is 6.75. The number of ether oxygens (including phenoxy) is 2. The van der Waals surface area contributed by atoms with Gasteiger partial charge in [0.05, 0.1) is 30.7 Å². The van der Waals surface area contributed by atoms with E-state index in [2.05, 4.69) is 22.1 Å². The summed E-state index contributed by atoms with van der Waals surface area (Å²) in [5.74, 6) is 1.30. The number of carbonyl (C=O) groups is 1. The Bertz CT molecular complexity index is 1060. The van der Waals surface area contributed by atoms with Gasteiger partial charge >= 0.3 is 5.97 Å². The molecule has 2 saturated heterocycles. The van der Waals surface area contributed by atoms with Crippen LogP contribution in [0.3, 0.4) is 0 Å². The molecule has 4 aliphatic rings. The lowest BCUT2D eigenvalue weighted by Gasteiger charge is -2.47. The summed E-state index contributed by atoms with van der Waals surface area (Å²) in [4.78, 5) is 31.8. The number of hydrogen-bond acceptors (Lipinski definition) is 8. The fourth-order valence-corrected chi connectivity index (χ4v) is 8.90. The Balaban J connectivity index is 1.29. The monoisotopic (exact) mass is 554 g/mol. The summed E-state index contributed by atoms with van der Waals surface area (Å²) in [7, 11) is 1.98. The molecule has 1 aromatic heterocycles. The first-order chi connectivity index (χ1) is 17.7. The lowest BCUT2D eigenvalue weighted by atomic mass is 9.70. The molecule has 0 amide bonds. The van der Waals surface area contributed by atoms with E-state index in [0.717, 1.165) is 32.2 Å². The average Bonchev–Trinajstić information content (AvgIpc) is 3.18. The van der Waals surface area contributed by atoms with Gasteiger partial charge in [0.25, 0.3) is 5.56 Å². The number of alkyl halides is 1. The van der Waals surface area contributed by atoms with Crippen LogP contribution in [0.25, 0.3) is 0 Å². The molecule has 1 aliphatic carbocycles. The first-order valence-corrected chi connectivity index (χ1v) is 15.0. The quantitative estimate of drug-likeness (QED) is 0.512. The van der Waals surface area contributed by atoms with Gasteiger partial charge in [0.2, 0.25) is 5.88 Å². The second-order valence-corrected chi connectivity index (χ2v) is 13.0. The number of nitrogens with one attached hydrogen (secondary N) is 1. The number of nitrogens with zero attached hydrogens (tertiary/aromatic N) is 3. The molecule has 8 unspecified atom stereocenters. The fraction of sp³-hybridized carbons (Fsp3) is 0.808. The smallest absolute Gasteiger partial charge is 0.308 e. The largest absolute Gasteiger partial charge is 0.481 e. The molecule has 2 N–H and O–H groups in total. The Morgan fingerprint density at radius 3 is 2.92 bits per heavy atom. The molecule has 11 heteroatoms. The lowest BCUT2D eigenvalue weighted by molar-refractivity contribution is -0.142. The summed E-state index contributed by atoms with van der Waals surface area (Å²) >= 11 is 8.47. The first kappa shape index (κ1) is 27.2. The van der Waals surface area contributed by atoms with E-state index >= 15 is 0 Å². The summed E-state index contributed by atoms with van der Waals surface area (Å²) in [5.41, 5.74) is 0.546. The Morgan fingerprint density at radius 1 is 1.32 bits per heavy atom. The third-order valence-corrected chi connectivity index (χ3v) is 10.6. The van der Waals surface area contributed by atoms with Gasteiger partial charge in [-0.2, -0.15) is 16.7 Å². The van der Waals surface area contributed by atoms with Crippen molar-refractivity contribution in [3.63, 3.8) is 0 Å². The Labute approximate surface area is 227 Å². The molecule has 0 bridgehead atoms. The molecule has 4 heterocycles. The minimum Gasteiger partial charge on any atom is -0.481 e. The van der Waals surface area contributed by atoms with Crippen LogP contribution in [0, 0.1) is 24.7 Å². The molecule has 1 aromatic rings. The normalized spacial score (nSPS) is 36.3. The highest BCUT2D eigenvalue weighted by atomic mass is 35.5. The van der Waals surface area contributed by atoms with Gasteiger partial charge < -0.3 is 19.9 Å². The van der Waals surface area contributed by atoms with Gasteiger partial charge in [-0.05, 0) is 58.4 Å². The number of aromatic nitrogens is 2. The van der Waals surface area contributed by atoms with Gasteiger partial charge in [0.15, 0.2) is 0 Å². The molecule has 3 aliphatic heterocycles. The van der Waals surface area contributed by atoms with E-state index in [1.165, 1.54) is 0 Å². The maximum absolute atomic E-state index is 13.3. The van der Waals surface area contributed by atoms with Crippen LogP contribution in [-0.4, -0.2) is 86.9 Å². The molecule has 1 saturated carbocycles. The van der Waals surface area contributed by atoms with E-state index in [1.807, 2.05) is 14.0 Å². The van der Waals surface area contributed by atoms with Crippen molar-refractivity contribution in [3.8, 4) is 5.88 Å². The van der Waals surface area contributed by atoms with Gasteiger partial charge in [0, 0.05) is 41.6 Å². The highest BCUT2D eigenvalue weighted by Crippen LogP contribution is 2.48. The van der Waals surface area contributed by atoms with Crippen LogP contribution in [0.1, 0.15) is 44.0 Å². The SMILES string of the molecule is Cc1nc2c(c(=O)n1CCOC1CCC(Cl)CC1C1CC(C)NC3C(C(=O)O)CSC13)CN(C)CCO2. The molecule has 37 heavy (non-hydrogen) atoms. The molecule has 0 radical (unpaired) electrons. The lowest BCUT2D eigenvalue weighted by Crippen LogP contribution is -2.57. The summed E-state index contributed by atoms with van der Waals surface area (Å²) in [6.07, 6.45) is 3.72. The van der Waals surface area contributed by atoms with Crippen LogP contribution in [0.15, 0.2) is 4.79 Å². The van der Waals surface area contributed by atoms with Crippen LogP contribution in [0.5, 0.6) is 5.88 Å². The van der Waals surface area contributed by atoms with Crippen LogP contribution < -0.4 is 15.6 Å². The zero-order valence-corrected chi connectivity index (χ0v) is 23.5. The number of carboxylic acid groups (broad SMARTS) is 1. The molecule has 3 fully saturated rings. The number of aliphatic carboxylic acids is 1. The Kier molecular flexibility index (Phi) is 8.41. The topological polar surface area (TPSA) is 106 Å². The Morgan fingerprint density at radius 2 is 2.14 bits per heavy atom. The predicted molar refractivity (Wildman–Crippen MR) is 144 cm³/mol. The molecule has 206 valence electrons. The molecule has 5 rings (SSSR count). The predicted octanol–water partition coefficient (Wildman–Crippen LogP) is 2.35. The van der Waals surface area contributed by atoms with Crippen molar-refractivity contribution in [1.82, 2.24) is 19.8 Å². The molecule has 0 spiro atoms. The molecule has 8 atom stereocenters. The number of likely N-dealkylation sites (N-methyl/N-ethyl adjacent to an activating group) is 1. The van der Waals surface area contributed by atoms with Crippen molar-refractivity contribution in [3.05, 3.63) is 21.7 Å². The average molecular weight is 555 g/mol. The van der Waals surface area contributed by atoms with Crippen molar-refractivity contribution in [2.45, 2.75) is 81.4 Å². The second-order valence-electron chi connectivity index (χ2n) is 11.2. The van der Waals surface area contributed by atoms with E-state index in [1.54, 1.807) is 16.3 Å². The standard InChI is InChI=1S/C26H39ClN4O5S/c1-14-10-18(23-22(28-14)20(13-37-23)26(33)34)17-11-16(27)4-5-21(17)35-9-7-31-15(2)29-24-19(25(31)32)12-30(3)6-8-36-24/h14,16-18,20-23,28H,4-13H2,1-3H3,(H,33,34). The summed E-state index contributed by atoms with van der Waals surface area (Å²) in [5, 5.41) is 13.7. The number of fused-ring (bicyclic) bond motifs is 2. The van der Waals surface area contributed by atoms with E-state index in [0.29, 0.717) is 55.2 Å². The number of carboxylic acids is 1. The minimum absolute atomic E-state index is 0.0140. The molecular weight excluding hydrogens is 516 g/mol. The van der Waals surface area contributed by atoms with Gasteiger partial charge in [0.1, 0.15) is 12.4 Å². The summed E-state index contributed by atoms with van der Waals surface area (Å²) < 4.78 is 14.0. The zero-order valence-electron chi connectivity index (χ0n) is 21.9. The van der Waals surface area contributed by atoms with Crippen molar-refractivity contribution in [2.24, 2.45) is 17.8 Å². The van der Waals surface area contributed by atoms with Crippen molar-refractivity contribution < 1.29 is 19.4 Å². The van der Waals surface area contributed by atoms with Crippen molar-refractivity contribution in [1.29, 1.82) is 0 Å². The maximum atomic E-state index is 13.3. The first-order valence-electron chi connectivity index (χ1n) is 13.5. The van der Waals surface area contributed by atoms with E-state index < -0.39 is 5.97 Å².